The number of rotatable bonds is 17. The molecule has 12 heteroatoms. The van der Waals surface area contributed by atoms with Gasteiger partial charge in [0.05, 0.1) is 13.0 Å². The number of ether oxygens (including phenoxy) is 1. The summed E-state index contributed by atoms with van der Waals surface area (Å²) in [6.45, 7) is 4.15. The van der Waals surface area contributed by atoms with E-state index in [0.717, 1.165) is 31.8 Å². The molecular weight excluding hydrogens is 501 g/mol. The van der Waals surface area contributed by atoms with Gasteiger partial charge in [-0.25, -0.2) is 14.1 Å². The number of hydrogen-bond donors (Lipinski definition) is 3. The van der Waals surface area contributed by atoms with Gasteiger partial charge in [-0.3, -0.25) is 0 Å². The predicted octanol–water partition coefficient (Wildman–Crippen LogP) is -13.6. The van der Waals surface area contributed by atoms with Crippen molar-refractivity contribution in [3.05, 3.63) is 0 Å². The molecule has 1 heterocycles. The van der Waals surface area contributed by atoms with Crippen molar-refractivity contribution in [2.45, 2.75) is 71.1 Å². The molecule has 7 nitrogen and oxygen atoms in total. The Morgan fingerprint density at radius 2 is 1.44 bits per heavy atom. The van der Waals surface area contributed by atoms with Gasteiger partial charge in [0.2, 0.25) is 0 Å². The zero-order valence-electron chi connectivity index (χ0n) is 20.0. The maximum Gasteiger partial charge on any atom is 1.00 e. The molecule has 0 aliphatic carbocycles. The van der Waals surface area contributed by atoms with Crippen LogP contribution in [-0.4, -0.2) is 71.9 Å². The first-order valence-corrected chi connectivity index (χ1v) is 10.5. The summed E-state index contributed by atoms with van der Waals surface area (Å²) in [5, 5.41) is 18.0. The van der Waals surface area contributed by atoms with Gasteiger partial charge in [0, 0.05) is 0 Å². The minimum atomic E-state index is -1.00. The second kappa shape index (κ2) is 27.0. The van der Waals surface area contributed by atoms with Gasteiger partial charge >= 0.3 is 76.9 Å². The summed E-state index contributed by atoms with van der Waals surface area (Å²) in [6.07, 6.45) is 12.2. The molecule has 1 aliphatic rings. The molecule has 0 aromatic rings. The summed E-state index contributed by atoms with van der Waals surface area (Å²) in [6, 6.07) is 0. The van der Waals surface area contributed by atoms with Crippen molar-refractivity contribution in [1.29, 1.82) is 0 Å². The van der Waals surface area contributed by atoms with Crippen LogP contribution in [0, 0.1) is 0 Å². The monoisotopic (exact) mass is 537 g/mol. The zero-order chi connectivity index (χ0) is 20.0. The molecule has 32 heavy (non-hydrogen) atoms. The summed E-state index contributed by atoms with van der Waals surface area (Å²) < 4.78 is 5.53. The summed E-state index contributed by atoms with van der Waals surface area (Å²) in [7, 11) is 0. The van der Waals surface area contributed by atoms with E-state index >= 15 is 0 Å². The molecule has 0 bridgehead atoms. The third kappa shape index (κ3) is 19.7. The molecule has 0 saturated heterocycles. The van der Waals surface area contributed by atoms with Gasteiger partial charge in [0.1, 0.15) is 19.7 Å². The van der Waals surface area contributed by atoms with Gasteiger partial charge in [-0.2, -0.15) is 4.99 Å². The van der Waals surface area contributed by atoms with Crippen LogP contribution in [0.3, 0.4) is 0 Å². The van der Waals surface area contributed by atoms with Gasteiger partial charge < -0.3 is 52.2 Å². The molecule has 0 aromatic heterocycles. The molecule has 0 aromatic carbocycles. The normalized spacial score (nSPS) is 16.2. The Bertz CT molecular complexity index is 506. The molecule has 0 saturated carbocycles. The Kier molecular flexibility index (Phi) is 36.7. The number of halogens is 3. The Morgan fingerprint density at radius 3 is 1.94 bits per heavy atom. The van der Waals surface area contributed by atoms with E-state index in [2.05, 4.69) is 11.9 Å². The molecule has 0 spiro atoms. The zero-order valence-corrected chi connectivity index (χ0v) is 26.3. The molecule has 0 fully saturated rings. The van der Waals surface area contributed by atoms with Crippen LogP contribution in [0.15, 0.2) is 0 Å². The van der Waals surface area contributed by atoms with E-state index in [1.807, 2.05) is 0 Å². The smallest absolute Gasteiger partial charge is 1.00 e. The van der Waals surface area contributed by atoms with Crippen LogP contribution in [0.25, 0.3) is 0 Å². The number of nitrogens with zero attached hydrogens (tertiary/aromatic N) is 1. The summed E-state index contributed by atoms with van der Waals surface area (Å²) in [5.74, 6) is -0.765. The third-order valence-electron chi connectivity index (χ3n) is 5.29. The van der Waals surface area contributed by atoms with Crippen molar-refractivity contribution in [3.8, 4) is 0 Å². The largest absolute Gasteiger partial charge is 1.00 e. The number of quaternary nitrogens is 1. The fourth-order valence-electron chi connectivity index (χ4n) is 3.80. The Labute approximate surface area is 256 Å². The second-order valence-corrected chi connectivity index (χ2v) is 7.54. The number of carboxylic acid groups (broad SMARTS) is 2. The average Bonchev–Trinajstić information content (AvgIpc) is 2.99. The van der Waals surface area contributed by atoms with E-state index in [0.29, 0.717) is 11.0 Å². The third-order valence-corrected chi connectivity index (χ3v) is 5.29. The minimum Gasteiger partial charge on any atom is -1.00 e. The molecular formula is C20H38Cl3N2Na2O5+. The maximum absolute atomic E-state index is 11.4. The molecule has 180 valence electrons. The van der Waals surface area contributed by atoms with E-state index in [-0.39, 0.29) is 116 Å². The van der Waals surface area contributed by atoms with Gasteiger partial charge in [0.25, 0.3) is 0 Å². The van der Waals surface area contributed by atoms with Crippen molar-refractivity contribution in [2.24, 2.45) is 0 Å². The van der Waals surface area contributed by atoms with Crippen molar-refractivity contribution >= 4 is 17.8 Å². The minimum absolute atomic E-state index is 0. The number of carbonyl (C=O) groups is 2. The van der Waals surface area contributed by atoms with E-state index < -0.39 is 11.9 Å². The Morgan fingerprint density at radius 1 is 0.906 bits per heavy atom. The number of aliphatic carboxylic acids is 2. The molecule has 3 N–H and O–H groups in total. The summed E-state index contributed by atoms with van der Waals surface area (Å²) in [5.41, 5.74) is 0. The molecule has 1 unspecified atom stereocenters. The first-order chi connectivity index (χ1) is 13.0. The van der Waals surface area contributed by atoms with Crippen LogP contribution in [0.1, 0.15) is 71.1 Å². The van der Waals surface area contributed by atoms with Crippen LogP contribution < -0.4 is 101 Å². The number of unbranched alkanes of at least 4 members (excludes halogenated alkanes) is 8. The average molecular weight is 539 g/mol. The van der Waals surface area contributed by atoms with Gasteiger partial charge in [-0.05, 0) is 6.42 Å². The molecule has 1 aliphatic heterocycles. The van der Waals surface area contributed by atoms with Crippen LogP contribution in [0.2, 0.25) is 0 Å². The van der Waals surface area contributed by atoms with Crippen molar-refractivity contribution < 1.29 is 130 Å². The second-order valence-electron chi connectivity index (χ2n) is 7.54. The van der Waals surface area contributed by atoms with Crippen LogP contribution in [0.4, 0.5) is 0 Å². The SMILES string of the molecule is CCCCCCCCCCCC1=[NH+]CC[N+]1(CCOCC(=O)O)CC(=O)O.[Cl-].[Cl-].[Cl-].[Na+].[Na+]. The molecule has 1 atom stereocenters. The van der Waals surface area contributed by atoms with Gasteiger partial charge in [0.15, 0.2) is 13.1 Å². The van der Waals surface area contributed by atoms with Gasteiger partial charge in [-0.1, -0.05) is 58.3 Å². The maximum atomic E-state index is 11.4. The van der Waals surface area contributed by atoms with Crippen LogP contribution in [-0.2, 0) is 14.3 Å². The first kappa shape index (κ1) is 43.5. The standard InChI is InChI=1S/C20H36N2O5.3ClH.2Na/c1-2-3-4-5-6-7-8-9-10-11-18-21-12-13-22(18,16-19(23)24)14-15-27-17-20(25)26;;;;;/h2-17H2,1H3,(H-,23,24,25,26);3*1H;;/q;;;;2*+1/p-1. The molecule has 0 radical (unpaired) electrons. The van der Waals surface area contributed by atoms with Crippen LogP contribution in [0.5, 0.6) is 0 Å². The number of amidine groups is 1. The summed E-state index contributed by atoms with van der Waals surface area (Å²) in [4.78, 5) is 25.3. The van der Waals surface area contributed by atoms with E-state index in [1.54, 1.807) is 0 Å². The van der Waals surface area contributed by atoms with Crippen LogP contribution >= 0.6 is 0 Å². The Balaban J connectivity index is -0.000000486. The van der Waals surface area contributed by atoms with Crippen molar-refractivity contribution in [1.82, 2.24) is 0 Å². The number of nitrogens with one attached hydrogen (secondary N) is 1. The topological polar surface area (TPSA) is 97.8 Å². The Hall–Kier alpha value is 1.40. The van der Waals surface area contributed by atoms with E-state index in [4.69, 9.17) is 9.84 Å². The van der Waals surface area contributed by atoms with Crippen molar-refractivity contribution in [3.63, 3.8) is 0 Å². The quantitative estimate of drug-likeness (QED) is 0.0971. The number of carboxylic acids is 2. The molecule has 0 amide bonds. The summed E-state index contributed by atoms with van der Waals surface area (Å²) >= 11 is 0. The predicted molar refractivity (Wildman–Crippen MR) is 104 cm³/mol. The fraction of sp³-hybridized carbons (Fsp3) is 0.850. The van der Waals surface area contributed by atoms with E-state index in [9.17, 15) is 14.7 Å². The fourth-order valence-corrected chi connectivity index (χ4v) is 3.80. The van der Waals surface area contributed by atoms with Gasteiger partial charge in [-0.15, -0.1) is 0 Å². The molecule has 1 rings (SSSR count). The van der Waals surface area contributed by atoms with E-state index in [1.165, 1.54) is 51.4 Å². The number of hydrogen-bond acceptors (Lipinski definition) is 3. The van der Waals surface area contributed by atoms with Crippen molar-refractivity contribution in [2.75, 3.05) is 39.4 Å². The first-order valence-electron chi connectivity index (χ1n) is 10.5.